The van der Waals surface area contributed by atoms with Crippen LogP contribution in [0.15, 0.2) is 21.3 Å². The maximum absolute atomic E-state index is 12.2. The topological polar surface area (TPSA) is 106 Å². The van der Waals surface area contributed by atoms with Crippen molar-refractivity contribution in [2.75, 3.05) is 6.61 Å². The van der Waals surface area contributed by atoms with Crippen LogP contribution >= 0.6 is 0 Å². The van der Waals surface area contributed by atoms with Crippen LogP contribution in [-0.4, -0.2) is 29.6 Å². The molecule has 1 amide bonds. The van der Waals surface area contributed by atoms with E-state index in [4.69, 9.17) is 14.3 Å². The largest absolute Gasteiger partial charge is 0.483 e. The van der Waals surface area contributed by atoms with E-state index in [-0.39, 0.29) is 12.2 Å². The second-order valence-corrected chi connectivity index (χ2v) is 6.80. The summed E-state index contributed by atoms with van der Waals surface area (Å²) in [5.74, 6) is -1.14. The average Bonchev–Trinajstić information content (AvgIpc) is 3.12. The first-order valence-electron chi connectivity index (χ1n) is 9.15. The third-order valence-electron chi connectivity index (χ3n) is 4.91. The van der Waals surface area contributed by atoms with Crippen molar-refractivity contribution in [1.29, 1.82) is 0 Å². The van der Waals surface area contributed by atoms with Crippen molar-refractivity contribution in [1.82, 2.24) is 5.32 Å². The SMILES string of the molecule is CCC[C@@H](NC(=O)COc1ccc2c3c(c(=O)oc2c1C)CCC3)C(=O)O. The Morgan fingerprint density at radius 3 is 2.74 bits per heavy atom. The molecule has 3 rings (SSSR count). The molecular formula is C20H23NO6. The van der Waals surface area contributed by atoms with E-state index in [2.05, 4.69) is 5.32 Å². The van der Waals surface area contributed by atoms with Gasteiger partial charge in [-0.1, -0.05) is 13.3 Å². The number of carboxylic acids is 1. The van der Waals surface area contributed by atoms with E-state index in [9.17, 15) is 14.4 Å². The fourth-order valence-electron chi connectivity index (χ4n) is 3.54. The number of rotatable bonds is 7. The van der Waals surface area contributed by atoms with Gasteiger partial charge in [-0.3, -0.25) is 4.79 Å². The van der Waals surface area contributed by atoms with Crippen molar-refractivity contribution < 1.29 is 23.8 Å². The van der Waals surface area contributed by atoms with Crippen LogP contribution in [0.2, 0.25) is 0 Å². The molecule has 1 atom stereocenters. The smallest absolute Gasteiger partial charge is 0.339 e. The zero-order valence-electron chi connectivity index (χ0n) is 15.5. The number of aryl methyl sites for hydroxylation is 2. The van der Waals surface area contributed by atoms with Crippen LogP contribution < -0.4 is 15.7 Å². The van der Waals surface area contributed by atoms with E-state index in [0.29, 0.717) is 29.7 Å². The normalized spacial score (nSPS) is 14.0. The molecule has 144 valence electrons. The standard InChI is InChI=1S/C20H23NO6/c1-3-5-15(19(23)24)21-17(22)10-26-16-9-8-13-12-6-4-7-14(12)20(25)27-18(13)11(16)2/h8-9,15H,3-7,10H2,1-2H3,(H,21,22)(H,23,24)/t15-/m1/s1. The molecule has 0 fully saturated rings. The minimum Gasteiger partial charge on any atom is -0.483 e. The Balaban J connectivity index is 1.77. The lowest BCUT2D eigenvalue weighted by Gasteiger charge is -2.15. The van der Waals surface area contributed by atoms with Crippen molar-refractivity contribution >= 4 is 22.8 Å². The van der Waals surface area contributed by atoms with Gasteiger partial charge in [0.2, 0.25) is 0 Å². The first-order valence-corrected chi connectivity index (χ1v) is 9.15. The Morgan fingerprint density at radius 2 is 2.04 bits per heavy atom. The van der Waals surface area contributed by atoms with Crippen LogP contribution in [0.25, 0.3) is 11.0 Å². The van der Waals surface area contributed by atoms with Gasteiger partial charge in [-0.05, 0) is 50.3 Å². The molecular weight excluding hydrogens is 350 g/mol. The lowest BCUT2D eigenvalue weighted by atomic mass is 10.0. The van der Waals surface area contributed by atoms with Gasteiger partial charge in [0.1, 0.15) is 17.4 Å². The van der Waals surface area contributed by atoms with Gasteiger partial charge in [-0.15, -0.1) is 0 Å². The van der Waals surface area contributed by atoms with Crippen molar-refractivity contribution in [2.45, 2.75) is 52.0 Å². The van der Waals surface area contributed by atoms with Crippen molar-refractivity contribution in [2.24, 2.45) is 0 Å². The Labute approximate surface area is 156 Å². The van der Waals surface area contributed by atoms with Gasteiger partial charge in [0.25, 0.3) is 5.91 Å². The summed E-state index contributed by atoms with van der Waals surface area (Å²) in [6.07, 6.45) is 3.54. The van der Waals surface area contributed by atoms with Crippen molar-refractivity contribution in [3.63, 3.8) is 0 Å². The fraction of sp³-hybridized carbons (Fsp3) is 0.450. The fourth-order valence-corrected chi connectivity index (χ4v) is 3.54. The molecule has 27 heavy (non-hydrogen) atoms. The van der Waals surface area contributed by atoms with Crippen LogP contribution in [0, 0.1) is 6.92 Å². The maximum atomic E-state index is 12.2. The molecule has 2 aromatic rings. The molecule has 0 bridgehead atoms. The van der Waals surface area contributed by atoms with Gasteiger partial charge in [0.15, 0.2) is 6.61 Å². The van der Waals surface area contributed by atoms with Gasteiger partial charge in [0, 0.05) is 16.5 Å². The molecule has 1 aliphatic rings. The number of ether oxygens (including phenoxy) is 1. The number of hydrogen-bond donors (Lipinski definition) is 2. The number of carbonyl (C=O) groups is 2. The van der Waals surface area contributed by atoms with Crippen LogP contribution in [0.5, 0.6) is 5.75 Å². The molecule has 7 heteroatoms. The third-order valence-corrected chi connectivity index (χ3v) is 4.91. The third kappa shape index (κ3) is 3.82. The van der Waals surface area contributed by atoms with Crippen LogP contribution in [0.3, 0.4) is 0 Å². The predicted molar refractivity (Wildman–Crippen MR) is 99.2 cm³/mol. The molecule has 0 spiro atoms. The van der Waals surface area contributed by atoms with Crippen LogP contribution in [-0.2, 0) is 22.4 Å². The number of nitrogens with one attached hydrogen (secondary N) is 1. The van der Waals surface area contributed by atoms with Crippen molar-refractivity contribution in [3.8, 4) is 5.75 Å². The molecule has 2 N–H and O–H groups in total. The number of hydrogen-bond acceptors (Lipinski definition) is 5. The summed E-state index contributed by atoms with van der Waals surface area (Å²) in [6, 6.07) is 2.67. The highest BCUT2D eigenvalue weighted by atomic mass is 16.5. The highest BCUT2D eigenvalue weighted by molar-refractivity contribution is 5.87. The molecule has 1 aliphatic carbocycles. The van der Waals surface area contributed by atoms with Gasteiger partial charge in [-0.2, -0.15) is 0 Å². The molecule has 1 heterocycles. The molecule has 7 nitrogen and oxygen atoms in total. The summed E-state index contributed by atoms with van der Waals surface area (Å²) in [7, 11) is 0. The first-order chi connectivity index (χ1) is 12.9. The zero-order chi connectivity index (χ0) is 19.6. The summed E-state index contributed by atoms with van der Waals surface area (Å²) in [6.45, 7) is 3.31. The monoisotopic (exact) mass is 373 g/mol. The maximum Gasteiger partial charge on any atom is 0.339 e. The highest BCUT2D eigenvalue weighted by Gasteiger charge is 2.22. The number of amides is 1. The van der Waals surface area contributed by atoms with Crippen molar-refractivity contribution in [3.05, 3.63) is 39.2 Å². The number of carbonyl (C=O) groups excluding carboxylic acids is 1. The van der Waals surface area contributed by atoms with E-state index in [1.807, 2.05) is 13.0 Å². The van der Waals surface area contributed by atoms with Crippen LogP contribution in [0.1, 0.15) is 42.9 Å². The lowest BCUT2D eigenvalue weighted by Crippen LogP contribution is -2.42. The number of aliphatic carboxylic acids is 1. The lowest BCUT2D eigenvalue weighted by molar-refractivity contribution is -0.142. The number of benzene rings is 1. The van der Waals surface area contributed by atoms with E-state index < -0.39 is 17.9 Å². The van der Waals surface area contributed by atoms with Gasteiger partial charge in [0.05, 0.1) is 0 Å². The Kier molecular flexibility index (Phi) is 5.48. The Hall–Kier alpha value is -2.83. The summed E-state index contributed by atoms with van der Waals surface area (Å²) in [5.41, 5.74) is 2.61. The second kappa shape index (κ2) is 7.82. The van der Waals surface area contributed by atoms with E-state index >= 15 is 0 Å². The van der Waals surface area contributed by atoms with Gasteiger partial charge >= 0.3 is 11.6 Å². The summed E-state index contributed by atoms with van der Waals surface area (Å²) in [5, 5.41) is 12.5. The molecule has 0 radical (unpaired) electrons. The molecule has 1 aromatic carbocycles. The summed E-state index contributed by atoms with van der Waals surface area (Å²) < 4.78 is 11.1. The number of fused-ring (bicyclic) bond motifs is 3. The summed E-state index contributed by atoms with van der Waals surface area (Å²) in [4.78, 5) is 35.3. The zero-order valence-corrected chi connectivity index (χ0v) is 15.5. The highest BCUT2D eigenvalue weighted by Crippen LogP contribution is 2.32. The molecule has 1 aromatic heterocycles. The minimum absolute atomic E-state index is 0.308. The van der Waals surface area contributed by atoms with E-state index in [0.717, 1.165) is 35.8 Å². The molecule has 0 aliphatic heterocycles. The average molecular weight is 373 g/mol. The van der Waals surface area contributed by atoms with Gasteiger partial charge in [-0.25, -0.2) is 9.59 Å². The molecule has 0 saturated heterocycles. The predicted octanol–water partition coefficient (Wildman–Crippen LogP) is 2.34. The Bertz CT molecular complexity index is 946. The molecule has 0 unspecified atom stereocenters. The van der Waals surface area contributed by atoms with Crippen LogP contribution in [0.4, 0.5) is 0 Å². The molecule has 0 saturated carbocycles. The number of carboxylic acid groups (broad SMARTS) is 1. The summed E-state index contributed by atoms with van der Waals surface area (Å²) >= 11 is 0. The van der Waals surface area contributed by atoms with E-state index in [1.165, 1.54) is 0 Å². The van der Waals surface area contributed by atoms with Gasteiger partial charge < -0.3 is 19.6 Å². The quantitative estimate of drug-likeness (QED) is 0.722. The Morgan fingerprint density at radius 1 is 1.30 bits per heavy atom. The minimum atomic E-state index is -1.07. The first kappa shape index (κ1) is 18.9. The second-order valence-electron chi connectivity index (χ2n) is 6.80. The van der Waals surface area contributed by atoms with E-state index in [1.54, 1.807) is 13.0 Å².